The summed E-state index contributed by atoms with van der Waals surface area (Å²) in [6, 6.07) is 19.1. The monoisotopic (exact) mass is 596 g/mol. The summed E-state index contributed by atoms with van der Waals surface area (Å²) < 4.78 is 19.1. The molecule has 1 atom stereocenters. The number of ether oxygens (including phenoxy) is 3. The number of esters is 1. The fraction of sp³-hybridized carbons (Fsp3) is 0.367. The van der Waals surface area contributed by atoms with Gasteiger partial charge in [0.05, 0.1) is 23.8 Å². The highest BCUT2D eigenvalue weighted by Crippen LogP contribution is 2.35. The molecule has 1 aliphatic rings. The first-order chi connectivity index (χ1) is 18.6. The van der Waals surface area contributed by atoms with Gasteiger partial charge in [0.25, 0.3) is 11.5 Å². The Balaban J connectivity index is 1.79. The van der Waals surface area contributed by atoms with Crippen LogP contribution in [-0.2, 0) is 29.2 Å². The van der Waals surface area contributed by atoms with Gasteiger partial charge in [-0.2, -0.15) is 0 Å². The van der Waals surface area contributed by atoms with Gasteiger partial charge < -0.3 is 19.1 Å². The minimum absolute atomic E-state index is 0.0638. The van der Waals surface area contributed by atoms with Crippen LogP contribution in [0, 0.1) is 5.41 Å². The maximum Gasteiger partial charge on any atom is 0.343 e. The van der Waals surface area contributed by atoms with Gasteiger partial charge in [0.2, 0.25) is 5.75 Å². The van der Waals surface area contributed by atoms with E-state index in [1.165, 1.54) is 9.47 Å². The summed E-state index contributed by atoms with van der Waals surface area (Å²) in [6.07, 6.45) is -0.371. The lowest BCUT2D eigenvalue weighted by atomic mass is 9.84. The molecule has 0 spiro atoms. The van der Waals surface area contributed by atoms with Crippen LogP contribution in [0.15, 0.2) is 69.9 Å². The van der Waals surface area contributed by atoms with Crippen molar-refractivity contribution >= 4 is 27.8 Å². The van der Waals surface area contributed by atoms with Crippen LogP contribution in [-0.4, -0.2) is 47.6 Å². The van der Waals surface area contributed by atoms with Crippen LogP contribution in [0.2, 0.25) is 0 Å². The number of carbonyl (C=O) groups is 2. The van der Waals surface area contributed by atoms with Crippen LogP contribution in [0.3, 0.4) is 0 Å². The number of nitrogens with zero attached hydrogens (tertiary/aromatic N) is 2. The Morgan fingerprint density at radius 2 is 1.59 bits per heavy atom. The van der Waals surface area contributed by atoms with Crippen molar-refractivity contribution in [1.29, 1.82) is 0 Å². The fourth-order valence-corrected chi connectivity index (χ4v) is 5.32. The molecule has 0 aliphatic carbocycles. The molecule has 1 aliphatic heterocycles. The first-order valence-electron chi connectivity index (χ1n) is 12.8. The predicted octanol–water partition coefficient (Wildman–Crippen LogP) is 5.06. The first-order valence-corrected chi connectivity index (χ1v) is 13.6. The van der Waals surface area contributed by atoms with Gasteiger partial charge in [-0.05, 0) is 34.0 Å². The number of carbonyl (C=O) groups excluding carboxylic acids is 2. The van der Waals surface area contributed by atoms with Gasteiger partial charge in [0, 0.05) is 25.6 Å². The van der Waals surface area contributed by atoms with E-state index in [-0.39, 0.29) is 47.3 Å². The van der Waals surface area contributed by atoms with Gasteiger partial charge in [0.1, 0.15) is 17.9 Å². The minimum Gasteiger partial charge on any atom is -0.482 e. The molecular weight excluding hydrogens is 564 g/mol. The van der Waals surface area contributed by atoms with Crippen LogP contribution >= 0.6 is 15.9 Å². The number of halogens is 1. The zero-order valence-electron chi connectivity index (χ0n) is 22.6. The maximum atomic E-state index is 14.0. The highest BCUT2D eigenvalue weighted by molar-refractivity contribution is 9.10. The topological polar surface area (TPSA) is 87.1 Å². The molecule has 0 saturated carbocycles. The molecule has 0 fully saturated rings. The van der Waals surface area contributed by atoms with Gasteiger partial charge in [-0.15, -0.1) is 0 Å². The predicted molar refractivity (Wildman–Crippen MR) is 151 cm³/mol. The second-order valence-corrected chi connectivity index (χ2v) is 11.0. The van der Waals surface area contributed by atoms with Crippen molar-refractivity contribution in [3.05, 3.63) is 97.9 Å². The normalized spacial score (nSPS) is 16.7. The smallest absolute Gasteiger partial charge is 0.343 e. The van der Waals surface area contributed by atoms with E-state index in [1.54, 1.807) is 14.0 Å². The third-order valence-corrected chi connectivity index (χ3v) is 7.56. The molecule has 0 saturated heterocycles. The zero-order chi connectivity index (χ0) is 28.2. The number of hydrogen-bond donors (Lipinski definition) is 0. The Morgan fingerprint density at radius 3 is 2.18 bits per heavy atom. The molecule has 4 rings (SSSR count). The number of benzene rings is 2. The van der Waals surface area contributed by atoms with Crippen molar-refractivity contribution in [2.75, 3.05) is 20.2 Å². The molecule has 0 bridgehead atoms. The highest BCUT2D eigenvalue weighted by atomic mass is 79.9. The number of likely N-dealkylation sites (N-methyl/N-ethyl adjacent to an activating group) is 1. The van der Waals surface area contributed by atoms with E-state index < -0.39 is 22.9 Å². The van der Waals surface area contributed by atoms with Crippen LogP contribution < -0.4 is 10.3 Å². The van der Waals surface area contributed by atoms with Gasteiger partial charge >= 0.3 is 5.97 Å². The van der Waals surface area contributed by atoms with E-state index in [4.69, 9.17) is 14.2 Å². The quantitative estimate of drug-likeness (QED) is 0.338. The lowest BCUT2D eigenvalue weighted by Crippen LogP contribution is -2.50. The minimum atomic E-state index is -0.742. The Kier molecular flexibility index (Phi) is 8.92. The summed E-state index contributed by atoms with van der Waals surface area (Å²) in [7, 11) is 1.66. The molecule has 9 heteroatoms. The Hall–Kier alpha value is -3.43. The van der Waals surface area contributed by atoms with E-state index in [0.717, 1.165) is 11.1 Å². The van der Waals surface area contributed by atoms with Crippen LogP contribution in [0.5, 0.6) is 5.75 Å². The Morgan fingerprint density at radius 1 is 1.00 bits per heavy atom. The van der Waals surface area contributed by atoms with Crippen molar-refractivity contribution in [3.8, 4) is 5.75 Å². The maximum absolute atomic E-state index is 14.0. The van der Waals surface area contributed by atoms with Crippen LogP contribution in [0.25, 0.3) is 0 Å². The molecule has 1 aromatic heterocycles. The highest BCUT2D eigenvalue weighted by Gasteiger charge is 2.40. The van der Waals surface area contributed by atoms with Crippen molar-refractivity contribution in [3.63, 3.8) is 0 Å². The molecule has 3 aromatic rings. The SMILES string of the molecule is CCOC(=O)c1c(Br)c2n(c(=O)c1OCc1ccccc1)CC(C)(C)C(OCc1ccccc1)CN(C)C2=O. The number of hydrogen-bond acceptors (Lipinski definition) is 6. The summed E-state index contributed by atoms with van der Waals surface area (Å²) in [6.45, 7) is 6.69. The van der Waals surface area contributed by atoms with E-state index in [1.807, 2.05) is 74.5 Å². The second-order valence-electron chi connectivity index (χ2n) is 10.2. The van der Waals surface area contributed by atoms with Crippen molar-refractivity contribution in [2.24, 2.45) is 5.41 Å². The average Bonchev–Trinajstić information content (AvgIpc) is 2.92. The fourth-order valence-electron chi connectivity index (χ4n) is 4.60. The van der Waals surface area contributed by atoms with E-state index in [9.17, 15) is 14.4 Å². The number of fused-ring (bicyclic) bond motifs is 1. The summed E-state index contributed by atoms with van der Waals surface area (Å²) in [4.78, 5) is 42.3. The molecule has 206 valence electrons. The number of rotatable bonds is 8. The van der Waals surface area contributed by atoms with Crippen molar-refractivity contribution in [2.45, 2.75) is 46.6 Å². The molecule has 1 unspecified atom stereocenters. The third kappa shape index (κ3) is 6.25. The van der Waals surface area contributed by atoms with Gasteiger partial charge in [-0.1, -0.05) is 74.5 Å². The largest absolute Gasteiger partial charge is 0.482 e. The Bertz CT molecular complexity index is 1390. The summed E-state index contributed by atoms with van der Waals surface area (Å²) in [5, 5.41) is 0. The Labute approximate surface area is 236 Å². The van der Waals surface area contributed by atoms with Crippen LogP contribution in [0.4, 0.5) is 0 Å². The molecule has 1 amide bonds. The van der Waals surface area contributed by atoms with E-state index in [0.29, 0.717) is 13.2 Å². The van der Waals surface area contributed by atoms with Gasteiger partial charge in [-0.25, -0.2) is 4.79 Å². The first kappa shape index (κ1) is 28.6. The zero-order valence-corrected chi connectivity index (χ0v) is 24.2. The molecule has 8 nitrogen and oxygen atoms in total. The summed E-state index contributed by atoms with van der Waals surface area (Å²) >= 11 is 3.47. The molecule has 2 aromatic carbocycles. The molecule has 0 radical (unpaired) electrons. The van der Waals surface area contributed by atoms with Crippen molar-refractivity contribution in [1.82, 2.24) is 9.47 Å². The number of amides is 1. The number of pyridine rings is 1. The summed E-state index contributed by atoms with van der Waals surface area (Å²) in [5.41, 5.74) is 0.675. The average molecular weight is 598 g/mol. The standard InChI is InChI=1S/C30H33BrN2O6/c1-5-37-29(36)23-24(31)25-27(34)32(4)16-22(38-17-20-12-8-6-9-13-20)30(2,3)19-33(25)28(35)26(23)39-18-21-14-10-7-11-15-21/h6-15,22H,5,16-19H2,1-4H3. The third-order valence-electron chi connectivity index (χ3n) is 6.79. The van der Waals surface area contributed by atoms with Crippen LogP contribution in [0.1, 0.15) is 52.7 Å². The van der Waals surface area contributed by atoms with Gasteiger partial charge in [-0.3, -0.25) is 14.2 Å². The van der Waals surface area contributed by atoms with E-state index >= 15 is 0 Å². The van der Waals surface area contributed by atoms with Crippen molar-refractivity contribution < 1.29 is 23.8 Å². The molecule has 0 N–H and O–H groups in total. The van der Waals surface area contributed by atoms with E-state index in [2.05, 4.69) is 15.9 Å². The second kappa shape index (κ2) is 12.2. The lowest BCUT2D eigenvalue weighted by Gasteiger charge is -2.40. The van der Waals surface area contributed by atoms with Gasteiger partial charge in [0.15, 0.2) is 0 Å². The lowest BCUT2D eigenvalue weighted by molar-refractivity contribution is -0.0574. The molecule has 2 heterocycles. The summed E-state index contributed by atoms with van der Waals surface area (Å²) in [5.74, 6) is -1.32. The molecular formula is C30H33BrN2O6. The molecule has 39 heavy (non-hydrogen) atoms. The number of aromatic nitrogens is 1.